The molecule has 2 aromatic heterocycles. The van der Waals surface area contributed by atoms with E-state index in [1.54, 1.807) is 23.8 Å². The van der Waals surface area contributed by atoms with Crippen molar-refractivity contribution in [2.75, 3.05) is 13.1 Å². The normalized spacial score (nSPS) is 29.0. The molecule has 3 heterocycles. The van der Waals surface area contributed by atoms with Crippen LogP contribution in [0.15, 0.2) is 18.7 Å². The van der Waals surface area contributed by atoms with Gasteiger partial charge in [-0.2, -0.15) is 18.2 Å². The van der Waals surface area contributed by atoms with Crippen LogP contribution in [-0.4, -0.2) is 59.8 Å². The number of imidazole rings is 1. The summed E-state index contributed by atoms with van der Waals surface area (Å²) in [7, 11) is 0. The number of aliphatic hydroxyl groups excluding tert-OH is 1. The van der Waals surface area contributed by atoms with E-state index in [-0.39, 0.29) is 17.9 Å². The van der Waals surface area contributed by atoms with Crippen molar-refractivity contribution in [3.05, 3.63) is 30.4 Å². The van der Waals surface area contributed by atoms with Crippen molar-refractivity contribution in [2.45, 2.75) is 31.2 Å². The van der Waals surface area contributed by atoms with Crippen LogP contribution in [0.2, 0.25) is 0 Å². The first-order chi connectivity index (χ1) is 12.3. The van der Waals surface area contributed by atoms with E-state index in [4.69, 9.17) is 0 Å². The van der Waals surface area contributed by atoms with E-state index in [2.05, 4.69) is 15.1 Å². The van der Waals surface area contributed by atoms with Crippen molar-refractivity contribution in [1.29, 1.82) is 0 Å². The average molecular weight is 370 g/mol. The first-order valence-electron chi connectivity index (χ1n) is 8.27. The summed E-state index contributed by atoms with van der Waals surface area (Å²) in [6.07, 6.45) is 1.06. The number of aromatic amines is 1. The van der Waals surface area contributed by atoms with Gasteiger partial charge in [-0.25, -0.2) is 4.98 Å². The summed E-state index contributed by atoms with van der Waals surface area (Å²) in [5, 5.41) is 15.6. The third-order valence-electron chi connectivity index (χ3n) is 5.25. The lowest BCUT2D eigenvalue weighted by molar-refractivity contribution is -0.144. The summed E-state index contributed by atoms with van der Waals surface area (Å²) >= 11 is 0. The molecule has 0 unspecified atom stereocenters. The highest BCUT2D eigenvalue weighted by molar-refractivity contribution is 5.90. The van der Waals surface area contributed by atoms with Crippen molar-refractivity contribution in [3.8, 4) is 0 Å². The highest BCUT2D eigenvalue weighted by atomic mass is 19.4. The minimum absolute atomic E-state index is 0.106. The highest BCUT2D eigenvalue weighted by Crippen LogP contribution is 2.41. The molecule has 11 heteroatoms. The number of likely N-dealkylation sites (tertiary alicyclic amines) is 1. The van der Waals surface area contributed by atoms with E-state index in [1.807, 2.05) is 4.57 Å². The Kier molecular flexibility index (Phi) is 3.98. The average Bonchev–Trinajstić information content (AvgIpc) is 3.31. The first kappa shape index (κ1) is 17.0. The number of nitrogens with zero attached hydrogens (tertiary/aromatic N) is 5. The lowest BCUT2D eigenvalue weighted by atomic mass is 9.77. The van der Waals surface area contributed by atoms with Crippen molar-refractivity contribution in [2.24, 2.45) is 11.8 Å². The summed E-state index contributed by atoms with van der Waals surface area (Å²) < 4.78 is 39.7. The number of nitrogens with one attached hydrogen (secondary N) is 1. The molecule has 0 bridgehead atoms. The van der Waals surface area contributed by atoms with Crippen molar-refractivity contribution in [1.82, 2.24) is 29.6 Å². The summed E-state index contributed by atoms with van der Waals surface area (Å²) in [6, 6.07) is -0.117. The van der Waals surface area contributed by atoms with Gasteiger partial charge in [0.05, 0.1) is 18.5 Å². The lowest BCUT2D eigenvalue weighted by Crippen LogP contribution is -2.35. The minimum Gasteiger partial charge on any atom is -0.391 e. The molecule has 1 saturated carbocycles. The Morgan fingerprint density at radius 2 is 2.00 bits per heavy atom. The molecule has 2 N–H and O–H groups in total. The molecular weight excluding hydrogens is 353 g/mol. The van der Waals surface area contributed by atoms with E-state index in [1.165, 1.54) is 4.90 Å². The molecule has 4 rings (SSSR count). The number of hydrogen-bond acceptors (Lipinski definition) is 5. The van der Waals surface area contributed by atoms with Gasteiger partial charge in [-0.3, -0.25) is 9.89 Å². The number of aliphatic hydroxyl groups is 1. The lowest BCUT2D eigenvalue weighted by Gasteiger charge is -2.35. The molecule has 4 atom stereocenters. The van der Waals surface area contributed by atoms with Crippen molar-refractivity contribution >= 4 is 5.91 Å². The molecule has 1 amide bonds. The second kappa shape index (κ2) is 6.08. The molecular formula is C15H17F3N6O2. The fourth-order valence-corrected chi connectivity index (χ4v) is 3.98. The standard InChI is InChI=1S/C15H17F3N6O2/c16-15(17,18)14-20-12(21-22-14)13(26)24-5-8-3-10(23-2-1-19-7-23)11(25)4-9(8)6-24/h1-2,7-11,25H,3-6H2,(H,20,21,22)/t8-,9+,10-,11-/m1/s1. The van der Waals surface area contributed by atoms with Crippen LogP contribution in [0.4, 0.5) is 13.2 Å². The van der Waals surface area contributed by atoms with Crippen molar-refractivity contribution < 1.29 is 23.1 Å². The number of halogens is 3. The fourth-order valence-electron chi connectivity index (χ4n) is 3.98. The summed E-state index contributed by atoms with van der Waals surface area (Å²) in [5.41, 5.74) is 0. The molecule has 140 valence electrons. The van der Waals surface area contributed by atoms with Gasteiger partial charge in [-0.15, -0.1) is 5.10 Å². The van der Waals surface area contributed by atoms with Gasteiger partial charge in [-0.1, -0.05) is 0 Å². The van der Waals surface area contributed by atoms with Gasteiger partial charge in [0.25, 0.3) is 5.91 Å². The molecule has 2 fully saturated rings. The second-order valence-electron chi connectivity index (χ2n) is 6.85. The first-order valence-corrected chi connectivity index (χ1v) is 8.27. The number of rotatable bonds is 2. The van der Waals surface area contributed by atoms with Gasteiger partial charge in [0.15, 0.2) is 0 Å². The number of aromatic nitrogens is 5. The maximum absolute atomic E-state index is 12.6. The molecule has 0 spiro atoms. The molecule has 1 saturated heterocycles. The smallest absolute Gasteiger partial charge is 0.391 e. The van der Waals surface area contributed by atoms with Crippen LogP contribution >= 0.6 is 0 Å². The molecule has 0 aromatic carbocycles. The predicted octanol–water partition coefficient (Wildman–Crippen LogP) is 1.10. The van der Waals surface area contributed by atoms with Crippen LogP contribution < -0.4 is 0 Å². The molecule has 26 heavy (non-hydrogen) atoms. The van der Waals surface area contributed by atoms with Crippen molar-refractivity contribution in [3.63, 3.8) is 0 Å². The molecule has 1 aliphatic heterocycles. The quantitative estimate of drug-likeness (QED) is 0.825. The highest BCUT2D eigenvalue weighted by Gasteiger charge is 2.44. The molecule has 0 radical (unpaired) electrons. The third-order valence-corrected chi connectivity index (χ3v) is 5.25. The van der Waals surface area contributed by atoms with Crippen LogP contribution in [0.1, 0.15) is 35.3 Å². The SMILES string of the molecule is O=C(c1n[nH]c(C(F)(F)F)n1)N1C[C@H]2C[C@@H](n3ccnc3)[C@H](O)C[C@H]2C1. The Balaban J connectivity index is 1.46. The number of amides is 1. The number of carbonyl (C=O) groups excluding carboxylic acids is 1. The monoisotopic (exact) mass is 370 g/mol. The topological polar surface area (TPSA) is 99.9 Å². The van der Waals surface area contributed by atoms with Crippen LogP contribution in [0.3, 0.4) is 0 Å². The summed E-state index contributed by atoms with van der Waals surface area (Å²) in [6.45, 7) is 0.796. The van der Waals surface area contributed by atoms with Gasteiger partial charge >= 0.3 is 6.18 Å². The number of fused-ring (bicyclic) bond motifs is 1. The Labute approximate surface area is 146 Å². The van der Waals surface area contributed by atoms with E-state index in [9.17, 15) is 23.1 Å². The zero-order valence-electron chi connectivity index (χ0n) is 13.6. The van der Waals surface area contributed by atoms with E-state index >= 15 is 0 Å². The van der Waals surface area contributed by atoms with Crippen LogP contribution in [0.5, 0.6) is 0 Å². The van der Waals surface area contributed by atoms with Gasteiger partial charge < -0.3 is 14.6 Å². The molecule has 2 aliphatic rings. The van der Waals surface area contributed by atoms with Gasteiger partial charge in [0, 0.05) is 25.5 Å². The van der Waals surface area contributed by atoms with Gasteiger partial charge in [-0.05, 0) is 24.7 Å². The summed E-state index contributed by atoms with van der Waals surface area (Å²) in [4.78, 5) is 21.2. The Morgan fingerprint density at radius 3 is 2.62 bits per heavy atom. The maximum atomic E-state index is 12.6. The fraction of sp³-hybridized carbons (Fsp3) is 0.600. The number of alkyl halides is 3. The third kappa shape index (κ3) is 2.96. The number of carbonyl (C=O) groups is 1. The van der Waals surface area contributed by atoms with Crippen LogP contribution in [0, 0.1) is 11.8 Å². The molecule has 1 aliphatic carbocycles. The van der Waals surface area contributed by atoms with Crippen LogP contribution in [0.25, 0.3) is 0 Å². The van der Waals surface area contributed by atoms with E-state index < -0.39 is 29.8 Å². The van der Waals surface area contributed by atoms with Gasteiger partial charge in [0.1, 0.15) is 0 Å². The Hall–Kier alpha value is -2.43. The van der Waals surface area contributed by atoms with Crippen LogP contribution in [-0.2, 0) is 6.18 Å². The number of hydrogen-bond donors (Lipinski definition) is 2. The Morgan fingerprint density at radius 1 is 1.27 bits per heavy atom. The van der Waals surface area contributed by atoms with E-state index in [0.717, 1.165) is 0 Å². The zero-order valence-corrected chi connectivity index (χ0v) is 13.6. The maximum Gasteiger partial charge on any atom is 0.451 e. The van der Waals surface area contributed by atoms with Gasteiger partial charge in [0.2, 0.25) is 11.6 Å². The number of H-pyrrole nitrogens is 1. The van der Waals surface area contributed by atoms with E-state index in [0.29, 0.717) is 25.9 Å². The largest absolute Gasteiger partial charge is 0.451 e. The molecule has 2 aromatic rings. The second-order valence-corrected chi connectivity index (χ2v) is 6.85. The predicted molar refractivity (Wildman–Crippen MR) is 80.8 cm³/mol. The minimum atomic E-state index is -4.67. The Bertz CT molecular complexity index is 790. The molecule has 8 nitrogen and oxygen atoms in total. The zero-order chi connectivity index (χ0) is 18.5. The summed E-state index contributed by atoms with van der Waals surface area (Å²) in [5.74, 6) is -2.12.